The molecule has 7 heteroatoms. The number of ether oxygens (including phenoxy) is 3. The summed E-state index contributed by atoms with van der Waals surface area (Å²) in [6.07, 6.45) is -0.385. The van der Waals surface area contributed by atoms with Gasteiger partial charge in [0.25, 0.3) is 0 Å². The fourth-order valence-electron chi connectivity index (χ4n) is 2.55. The molecule has 2 aliphatic rings. The largest absolute Gasteiger partial charge is 0.364 e. The van der Waals surface area contributed by atoms with Crippen molar-refractivity contribution in [1.82, 2.24) is 0 Å². The molecule has 0 saturated carbocycles. The van der Waals surface area contributed by atoms with Crippen LogP contribution in [0.1, 0.15) is 27.2 Å². The van der Waals surface area contributed by atoms with E-state index in [1.54, 1.807) is 13.8 Å². The summed E-state index contributed by atoms with van der Waals surface area (Å²) in [4.78, 5) is 13.8. The quantitative estimate of drug-likeness (QED) is 0.331. The van der Waals surface area contributed by atoms with Crippen molar-refractivity contribution in [2.75, 3.05) is 0 Å². The van der Waals surface area contributed by atoms with E-state index in [4.69, 9.17) is 19.7 Å². The first-order valence-electron chi connectivity index (χ1n) is 6.03. The second-order valence-corrected chi connectivity index (χ2v) is 4.94. The number of aldehydes is 1. The number of fused-ring (bicyclic) bond motifs is 1. The standard InChI is InChI=1S/C11H17N3O4/c1-4-6-9-10(18-11(2,3)17-9)8(13-14-12)7(5-15)16-6/h5-10H,4H2,1-3H3/t6-,7?,8-,9+,10-/m1/s1. The Morgan fingerprint density at radius 3 is 2.61 bits per heavy atom. The Morgan fingerprint density at radius 1 is 1.39 bits per heavy atom. The van der Waals surface area contributed by atoms with E-state index in [2.05, 4.69) is 10.0 Å². The second kappa shape index (κ2) is 4.85. The van der Waals surface area contributed by atoms with E-state index in [9.17, 15) is 4.79 Å². The lowest BCUT2D eigenvalue weighted by atomic mass is 9.93. The number of rotatable bonds is 3. The molecule has 0 aliphatic carbocycles. The van der Waals surface area contributed by atoms with Gasteiger partial charge in [-0.05, 0) is 25.8 Å². The molecule has 0 N–H and O–H groups in total. The van der Waals surface area contributed by atoms with Gasteiger partial charge < -0.3 is 19.0 Å². The zero-order valence-corrected chi connectivity index (χ0v) is 10.6. The normalized spacial score (nSPS) is 41.8. The molecular weight excluding hydrogens is 238 g/mol. The number of hydrogen-bond acceptors (Lipinski definition) is 5. The van der Waals surface area contributed by atoms with Crippen LogP contribution in [0, 0.1) is 0 Å². The number of nitrogens with zero attached hydrogens (tertiary/aromatic N) is 3. The van der Waals surface area contributed by atoms with E-state index in [0.29, 0.717) is 12.7 Å². The monoisotopic (exact) mass is 255 g/mol. The Kier molecular flexibility index (Phi) is 3.59. The summed E-state index contributed by atoms with van der Waals surface area (Å²) in [5.74, 6) is -0.757. The van der Waals surface area contributed by atoms with E-state index >= 15 is 0 Å². The molecule has 0 radical (unpaired) electrons. The summed E-state index contributed by atoms with van der Waals surface area (Å²) in [6.45, 7) is 5.54. The molecule has 2 aliphatic heterocycles. The van der Waals surface area contributed by atoms with Crippen molar-refractivity contribution in [3.05, 3.63) is 10.4 Å². The van der Waals surface area contributed by atoms with Gasteiger partial charge in [0.2, 0.25) is 0 Å². The van der Waals surface area contributed by atoms with Crippen molar-refractivity contribution in [2.45, 2.75) is 63.4 Å². The van der Waals surface area contributed by atoms with E-state index < -0.39 is 24.0 Å². The smallest absolute Gasteiger partial charge is 0.163 e. The molecular formula is C11H17N3O4. The summed E-state index contributed by atoms with van der Waals surface area (Å²) in [6, 6.07) is -0.679. The number of hydrogen-bond donors (Lipinski definition) is 0. The lowest BCUT2D eigenvalue weighted by Gasteiger charge is -2.38. The van der Waals surface area contributed by atoms with Gasteiger partial charge in [-0.1, -0.05) is 12.0 Å². The topological polar surface area (TPSA) is 93.5 Å². The third-order valence-electron chi connectivity index (χ3n) is 3.26. The molecule has 5 atom stereocenters. The van der Waals surface area contributed by atoms with Gasteiger partial charge in [0.15, 0.2) is 5.79 Å². The van der Waals surface area contributed by atoms with E-state index in [0.717, 1.165) is 0 Å². The van der Waals surface area contributed by atoms with Gasteiger partial charge in [-0.2, -0.15) is 0 Å². The minimum absolute atomic E-state index is 0.225. The predicted octanol–water partition coefficient (Wildman–Crippen LogP) is 1.56. The first kappa shape index (κ1) is 13.3. The molecule has 0 aromatic heterocycles. The van der Waals surface area contributed by atoms with E-state index in [-0.39, 0.29) is 12.2 Å². The van der Waals surface area contributed by atoms with Gasteiger partial charge >= 0.3 is 0 Å². The minimum atomic E-state index is -0.774. The molecule has 1 unspecified atom stereocenters. The average molecular weight is 255 g/mol. The molecule has 18 heavy (non-hydrogen) atoms. The lowest BCUT2D eigenvalue weighted by molar-refractivity contribution is -0.161. The molecule has 0 aromatic carbocycles. The van der Waals surface area contributed by atoms with Crippen molar-refractivity contribution in [3.8, 4) is 0 Å². The molecule has 2 heterocycles. The molecule has 0 aromatic rings. The molecule has 2 saturated heterocycles. The highest BCUT2D eigenvalue weighted by Crippen LogP contribution is 2.39. The van der Waals surface area contributed by atoms with Gasteiger partial charge in [-0.15, -0.1) is 0 Å². The Balaban J connectivity index is 2.31. The van der Waals surface area contributed by atoms with Crippen molar-refractivity contribution < 1.29 is 19.0 Å². The van der Waals surface area contributed by atoms with Crippen LogP contribution < -0.4 is 0 Å². The van der Waals surface area contributed by atoms with Crippen molar-refractivity contribution in [2.24, 2.45) is 5.11 Å². The van der Waals surface area contributed by atoms with Gasteiger partial charge in [0.1, 0.15) is 24.6 Å². The zero-order valence-electron chi connectivity index (χ0n) is 10.6. The molecule has 0 amide bonds. The molecule has 0 bridgehead atoms. The van der Waals surface area contributed by atoms with Crippen LogP contribution in [-0.2, 0) is 19.0 Å². The van der Waals surface area contributed by atoms with Gasteiger partial charge in [-0.3, -0.25) is 0 Å². The Labute approximate surface area is 105 Å². The first-order valence-corrected chi connectivity index (χ1v) is 6.03. The third-order valence-corrected chi connectivity index (χ3v) is 3.26. The van der Waals surface area contributed by atoms with Crippen molar-refractivity contribution >= 4 is 6.29 Å². The number of azide groups is 1. The summed E-state index contributed by atoms with van der Waals surface area (Å²) < 4.78 is 17.2. The molecule has 2 fully saturated rings. The summed E-state index contributed by atoms with van der Waals surface area (Å²) in [5, 5.41) is 3.63. The van der Waals surface area contributed by atoms with E-state index in [1.807, 2.05) is 6.92 Å². The van der Waals surface area contributed by atoms with Crippen LogP contribution in [0.3, 0.4) is 0 Å². The maximum Gasteiger partial charge on any atom is 0.163 e. The highest BCUT2D eigenvalue weighted by atomic mass is 16.8. The zero-order chi connectivity index (χ0) is 13.3. The SMILES string of the molecule is CC[C@H]1OC(C=O)[C@@H](N=[N+]=[N-])[C@H]2OC(C)(C)O[C@H]21. The second-order valence-electron chi connectivity index (χ2n) is 4.94. The predicted molar refractivity (Wildman–Crippen MR) is 61.8 cm³/mol. The minimum Gasteiger partial charge on any atom is -0.364 e. The maximum atomic E-state index is 11.1. The highest BCUT2D eigenvalue weighted by Gasteiger charge is 2.54. The Bertz CT molecular complexity index is 380. The van der Waals surface area contributed by atoms with Crippen LogP contribution >= 0.6 is 0 Å². The van der Waals surface area contributed by atoms with Gasteiger partial charge in [0, 0.05) is 4.91 Å². The van der Waals surface area contributed by atoms with Crippen LogP contribution in [-0.4, -0.2) is 42.5 Å². The van der Waals surface area contributed by atoms with E-state index in [1.165, 1.54) is 0 Å². The highest BCUT2D eigenvalue weighted by molar-refractivity contribution is 5.58. The fraction of sp³-hybridized carbons (Fsp3) is 0.909. The summed E-state index contributed by atoms with van der Waals surface area (Å²) >= 11 is 0. The van der Waals surface area contributed by atoms with Crippen LogP contribution in [0.5, 0.6) is 0 Å². The van der Waals surface area contributed by atoms with Gasteiger partial charge in [-0.25, -0.2) is 0 Å². The Morgan fingerprint density at radius 2 is 2.06 bits per heavy atom. The molecule has 7 nitrogen and oxygen atoms in total. The molecule has 0 spiro atoms. The van der Waals surface area contributed by atoms with Gasteiger partial charge in [0.05, 0.1) is 12.1 Å². The van der Waals surface area contributed by atoms with Crippen LogP contribution in [0.25, 0.3) is 10.4 Å². The maximum absolute atomic E-state index is 11.1. The average Bonchev–Trinajstić information content (AvgIpc) is 2.65. The van der Waals surface area contributed by atoms with Crippen molar-refractivity contribution in [3.63, 3.8) is 0 Å². The third kappa shape index (κ3) is 2.22. The van der Waals surface area contributed by atoms with Crippen molar-refractivity contribution in [1.29, 1.82) is 0 Å². The first-order chi connectivity index (χ1) is 8.52. The fourth-order valence-corrected chi connectivity index (χ4v) is 2.55. The van der Waals surface area contributed by atoms with Crippen LogP contribution in [0.4, 0.5) is 0 Å². The van der Waals surface area contributed by atoms with Crippen LogP contribution in [0.15, 0.2) is 5.11 Å². The number of carbonyl (C=O) groups excluding carboxylic acids is 1. The summed E-state index contributed by atoms with van der Waals surface area (Å²) in [5.41, 5.74) is 8.60. The summed E-state index contributed by atoms with van der Waals surface area (Å²) in [7, 11) is 0. The molecule has 2 rings (SSSR count). The molecule has 100 valence electrons. The number of carbonyl (C=O) groups is 1. The lowest BCUT2D eigenvalue weighted by Crippen LogP contribution is -2.55. The Hall–Kier alpha value is -1.14. The van der Waals surface area contributed by atoms with Crippen LogP contribution in [0.2, 0.25) is 0 Å².